The molecule has 0 aliphatic heterocycles. The molecule has 2 aromatic carbocycles. The van der Waals surface area contributed by atoms with Crippen molar-refractivity contribution in [1.82, 2.24) is 0 Å². The first kappa shape index (κ1) is 16.3. The summed E-state index contributed by atoms with van der Waals surface area (Å²) in [5.41, 5.74) is 5.58. The van der Waals surface area contributed by atoms with Gasteiger partial charge in [-0.3, -0.25) is 0 Å². The summed E-state index contributed by atoms with van der Waals surface area (Å²) in [5.74, 6) is 0. The number of nitrogens with two attached hydrogens (primary N) is 1. The van der Waals surface area contributed by atoms with Crippen LogP contribution in [-0.2, 0) is 12.8 Å². The number of aliphatic hydroxyl groups excluding tert-OH is 1. The fourth-order valence-electron chi connectivity index (χ4n) is 2.10. The predicted octanol–water partition coefficient (Wildman–Crippen LogP) is 4.10. The van der Waals surface area contributed by atoms with Crippen LogP contribution in [0.2, 0.25) is 5.02 Å². The molecule has 0 heterocycles. The Morgan fingerprint density at radius 2 is 1.86 bits per heavy atom. The molecule has 116 valence electrons. The van der Waals surface area contributed by atoms with Crippen LogP contribution in [0, 0.1) is 5.41 Å². The number of alkyl halides is 3. The summed E-state index contributed by atoms with van der Waals surface area (Å²) in [7, 11) is 0. The van der Waals surface area contributed by atoms with Gasteiger partial charge in [-0.15, -0.1) is 0 Å². The molecule has 0 saturated heterocycles. The van der Waals surface area contributed by atoms with Gasteiger partial charge in [0.25, 0.3) is 0 Å². The zero-order valence-corrected chi connectivity index (χ0v) is 12.0. The molecule has 0 atom stereocenters. The van der Waals surface area contributed by atoms with E-state index in [1.807, 2.05) is 0 Å². The van der Waals surface area contributed by atoms with Gasteiger partial charge in [0.15, 0.2) is 0 Å². The topological polar surface area (TPSA) is 70.1 Å². The van der Waals surface area contributed by atoms with E-state index in [0.29, 0.717) is 5.56 Å². The van der Waals surface area contributed by atoms with Crippen molar-refractivity contribution in [3.63, 3.8) is 0 Å². The lowest BCUT2D eigenvalue weighted by Crippen LogP contribution is -2.08. The van der Waals surface area contributed by atoms with Crippen LogP contribution in [0.5, 0.6) is 0 Å². The third kappa shape index (κ3) is 3.08. The fourth-order valence-corrected chi connectivity index (χ4v) is 2.32. The molecule has 0 unspecified atom stereocenters. The average molecular weight is 329 g/mol. The highest BCUT2D eigenvalue weighted by molar-refractivity contribution is 6.33. The Morgan fingerprint density at radius 1 is 1.18 bits per heavy atom. The van der Waals surface area contributed by atoms with Crippen molar-refractivity contribution in [2.45, 2.75) is 12.8 Å². The van der Waals surface area contributed by atoms with Gasteiger partial charge in [0.05, 0.1) is 12.2 Å². The van der Waals surface area contributed by atoms with Gasteiger partial charge in [0.1, 0.15) is 0 Å². The standard InChI is InChI=1S/C15H12ClF3N2O/c16-13-2-1-8(7-22)3-11(13)10-4-9(15(17,18)19)5-14(21)12(10)6-20/h1-6,20,22H,7,21H2. The number of rotatable bonds is 3. The van der Waals surface area contributed by atoms with Crippen molar-refractivity contribution >= 4 is 23.5 Å². The van der Waals surface area contributed by atoms with Crippen molar-refractivity contribution in [3.8, 4) is 11.1 Å². The number of anilines is 1. The molecule has 0 amide bonds. The van der Waals surface area contributed by atoms with Crippen LogP contribution in [0.4, 0.5) is 18.9 Å². The summed E-state index contributed by atoms with van der Waals surface area (Å²) >= 11 is 6.06. The summed E-state index contributed by atoms with van der Waals surface area (Å²) in [5, 5.41) is 16.8. The van der Waals surface area contributed by atoms with E-state index in [1.165, 1.54) is 12.1 Å². The van der Waals surface area contributed by atoms with E-state index in [2.05, 4.69) is 0 Å². The van der Waals surface area contributed by atoms with Crippen molar-refractivity contribution in [1.29, 1.82) is 5.41 Å². The molecule has 0 bridgehead atoms. The van der Waals surface area contributed by atoms with Crippen LogP contribution in [0.25, 0.3) is 11.1 Å². The highest BCUT2D eigenvalue weighted by Gasteiger charge is 2.32. The number of hydrogen-bond donors (Lipinski definition) is 3. The van der Waals surface area contributed by atoms with Crippen LogP contribution in [-0.4, -0.2) is 11.3 Å². The van der Waals surface area contributed by atoms with Gasteiger partial charge in [0, 0.05) is 28.1 Å². The maximum Gasteiger partial charge on any atom is 0.416 e. The van der Waals surface area contributed by atoms with E-state index in [0.717, 1.165) is 18.3 Å². The van der Waals surface area contributed by atoms with E-state index < -0.39 is 11.7 Å². The Labute approximate surface area is 129 Å². The maximum atomic E-state index is 13.0. The Morgan fingerprint density at radius 3 is 2.41 bits per heavy atom. The normalized spacial score (nSPS) is 11.5. The molecular weight excluding hydrogens is 317 g/mol. The molecule has 0 aliphatic rings. The molecule has 0 radical (unpaired) electrons. The minimum Gasteiger partial charge on any atom is -0.398 e. The largest absolute Gasteiger partial charge is 0.416 e. The second-order valence-electron chi connectivity index (χ2n) is 4.64. The lowest BCUT2D eigenvalue weighted by atomic mass is 9.95. The molecule has 4 N–H and O–H groups in total. The molecule has 2 aromatic rings. The summed E-state index contributed by atoms with van der Waals surface area (Å²) in [6.45, 7) is -0.279. The highest BCUT2D eigenvalue weighted by Crippen LogP contribution is 2.38. The first-order valence-electron chi connectivity index (χ1n) is 6.18. The lowest BCUT2D eigenvalue weighted by molar-refractivity contribution is -0.137. The van der Waals surface area contributed by atoms with Gasteiger partial charge in [-0.2, -0.15) is 13.2 Å². The SMILES string of the molecule is N=Cc1c(N)cc(C(F)(F)F)cc1-c1cc(CO)ccc1Cl. The first-order valence-corrected chi connectivity index (χ1v) is 6.56. The number of aliphatic hydroxyl groups is 1. The minimum atomic E-state index is -4.56. The smallest absolute Gasteiger partial charge is 0.398 e. The molecule has 2 rings (SSSR count). The number of halogens is 4. The van der Waals surface area contributed by atoms with Gasteiger partial charge < -0.3 is 16.2 Å². The Hall–Kier alpha value is -2.05. The Balaban J connectivity index is 2.78. The third-order valence-electron chi connectivity index (χ3n) is 3.19. The molecule has 7 heteroatoms. The van der Waals surface area contributed by atoms with Crippen LogP contribution < -0.4 is 5.73 Å². The van der Waals surface area contributed by atoms with Crippen LogP contribution in [0.3, 0.4) is 0 Å². The van der Waals surface area contributed by atoms with Crippen molar-refractivity contribution in [2.24, 2.45) is 0 Å². The third-order valence-corrected chi connectivity index (χ3v) is 3.52. The number of nitrogen functional groups attached to an aromatic ring is 1. The van der Waals surface area contributed by atoms with Crippen molar-refractivity contribution < 1.29 is 18.3 Å². The van der Waals surface area contributed by atoms with E-state index >= 15 is 0 Å². The van der Waals surface area contributed by atoms with Gasteiger partial charge >= 0.3 is 6.18 Å². The predicted molar refractivity (Wildman–Crippen MR) is 80.1 cm³/mol. The summed E-state index contributed by atoms with van der Waals surface area (Å²) in [4.78, 5) is 0. The van der Waals surface area contributed by atoms with E-state index in [1.54, 1.807) is 6.07 Å². The van der Waals surface area contributed by atoms with E-state index in [4.69, 9.17) is 22.7 Å². The Kier molecular flexibility index (Phi) is 4.44. The van der Waals surface area contributed by atoms with Crippen LogP contribution in [0.15, 0.2) is 30.3 Å². The second-order valence-corrected chi connectivity index (χ2v) is 5.05. The van der Waals surface area contributed by atoms with Crippen LogP contribution >= 0.6 is 11.6 Å². The Bertz CT molecular complexity index is 729. The number of nitrogens with one attached hydrogen (secondary N) is 1. The van der Waals surface area contributed by atoms with Crippen molar-refractivity contribution in [3.05, 3.63) is 52.0 Å². The zero-order chi connectivity index (χ0) is 16.5. The number of benzene rings is 2. The molecule has 3 nitrogen and oxygen atoms in total. The van der Waals surface area contributed by atoms with Gasteiger partial charge in [-0.1, -0.05) is 17.7 Å². The van der Waals surface area contributed by atoms with Gasteiger partial charge in [0.2, 0.25) is 0 Å². The van der Waals surface area contributed by atoms with Gasteiger partial charge in [-0.05, 0) is 35.4 Å². The minimum absolute atomic E-state index is 0.0997. The van der Waals surface area contributed by atoms with Crippen molar-refractivity contribution in [2.75, 3.05) is 5.73 Å². The zero-order valence-electron chi connectivity index (χ0n) is 11.2. The fraction of sp³-hybridized carbons (Fsp3) is 0.133. The quantitative estimate of drug-likeness (QED) is 0.586. The highest BCUT2D eigenvalue weighted by atomic mass is 35.5. The molecule has 0 spiro atoms. The second kappa shape index (κ2) is 5.98. The van der Waals surface area contributed by atoms with Crippen LogP contribution in [0.1, 0.15) is 16.7 Å². The number of hydrogen-bond acceptors (Lipinski definition) is 3. The molecule has 22 heavy (non-hydrogen) atoms. The molecule has 0 aromatic heterocycles. The summed E-state index contributed by atoms with van der Waals surface area (Å²) < 4.78 is 38.9. The average Bonchev–Trinajstić information content (AvgIpc) is 2.46. The molecule has 0 aliphatic carbocycles. The van der Waals surface area contributed by atoms with Gasteiger partial charge in [-0.25, -0.2) is 0 Å². The first-order chi connectivity index (χ1) is 10.3. The maximum absolute atomic E-state index is 13.0. The molecule has 0 saturated carbocycles. The van der Waals surface area contributed by atoms with E-state index in [9.17, 15) is 18.3 Å². The lowest BCUT2D eigenvalue weighted by Gasteiger charge is -2.15. The summed E-state index contributed by atoms with van der Waals surface area (Å²) in [6, 6.07) is 6.20. The van der Waals surface area contributed by atoms with E-state index in [-0.39, 0.29) is 34.0 Å². The monoisotopic (exact) mass is 328 g/mol. The summed E-state index contributed by atoms with van der Waals surface area (Å²) in [6.07, 6.45) is -3.68. The molecule has 0 fully saturated rings. The molecular formula is C15H12ClF3N2O.